The number of carbonyl (C=O) groups excluding carboxylic acids is 3. The van der Waals surface area contributed by atoms with Gasteiger partial charge < -0.3 is 11.1 Å². The number of imide groups is 1. The summed E-state index contributed by atoms with van der Waals surface area (Å²) in [6.45, 7) is 0.00641. The van der Waals surface area contributed by atoms with Gasteiger partial charge in [0.05, 0.1) is 6.54 Å². The Labute approximate surface area is 150 Å². The largest absolute Gasteiger partial charge is 0.376 e. The molecule has 0 fully saturated rings. The fourth-order valence-electron chi connectivity index (χ4n) is 2.17. The number of rotatable bonds is 7. The van der Waals surface area contributed by atoms with Crippen molar-refractivity contribution < 1.29 is 14.4 Å². The minimum Gasteiger partial charge on any atom is -0.376 e. The van der Waals surface area contributed by atoms with Crippen molar-refractivity contribution in [3.63, 3.8) is 0 Å². The predicted molar refractivity (Wildman–Crippen MR) is 96.6 cm³/mol. The van der Waals surface area contributed by atoms with E-state index in [9.17, 15) is 14.4 Å². The number of nitrogens with one attached hydrogen (secondary N) is 2. The lowest BCUT2D eigenvalue weighted by atomic mass is 10.0. The predicted octanol–water partition coefficient (Wildman–Crippen LogP) is 1.97. The van der Waals surface area contributed by atoms with Gasteiger partial charge in [-0.1, -0.05) is 41.9 Å². The van der Waals surface area contributed by atoms with E-state index in [1.165, 1.54) is 6.07 Å². The molecule has 0 saturated carbocycles. The molecule has 0 aliphatic heterocycles. The maximum absolute atomic E-state index is 12.7. The molecule has 0 saturated heterocycles. The second-order valence-corrected chi connectivity index (χ2v) is 5.69. The molecule has 2 rings (SSSR count). The van der Waals surface area contributed by atoms with Crippen molar-refractivity contribution in [2.45, 2.75) is 6.42 Å². The number of nitrogens with two attached hydrogens (primary N) is 1. The summed E-state index contributed by atoms with van der Waals surface area (Å²) in [5.74, 6) is -1.16. The van der Waals surface area contributed by atoms with Gasteiger partial charge in [-0.3, -0.25) is 19.7 Å². The second-order valence-electron chi connectivity index (χ2n) is 5.25. The lowest BCUT2D eigenvalue weighted by Crippen LogP contribution is -2.36. The van der Waals surface area contributed by atoms with Crippen LogP contribution < -0.4 is 16.4 Å². The molecule has 0 unspecified atom stereocenters. The van der Waals surface area contributed by atoms with Crippen molar-refractivity contribution in [2.75, 3.05) is 18.4 Å². The molecule has 0 heterocycles. The molecule has 2 aromatic rings. The molecule has 2 amide bonds. The van der Waals surface area contributed by atoms with Crippen LogP contribution >= 0.6 is 11.6 Å². The molecular formula is C18H18ClN3O3. The van der Waals surface area contributed by atoms with E-state index in [4.69, 9.17) is 17.3 Å². The van der Waals surface area contributed by atoms with Crippen LogP contribution in [-0.4, -0.2) is 30.7 Å². The Kier molecular flexibility index (Phi) is 6.68. The summed E-state index contributed by atoms with van der Waals surface area (Å²) in [6.07, 6.45) is 0.0738. The number of ketones is 1. The fourth-order valence-corrected chi connectivity index (χ4v) is 2.34. The van der Waals surface area contributed by atoms with Crippen LogP contribution in [0.4, 0.5) is 5.69 Å². The van der Waals surface area contributed by atoms with Gasteiger partial charge >= 0.3 is 0 Å². The van der Waals surface area contributed by atoms with Crippen LogP contribution in [0.15, 0.2) is 48.5 Å². The van der Waals surface area contributed by atoms with E-state index < -0.39 is 11.8 Å². The van der Waals surface area contributed by atoms with Crippen LogP contribution in [0.25, 0.3) is 0 Å². The molecule has 25 heavy (non-hydrogen) atoms. The Morgan fingerprint density at radius 1 is 1.00 bits per heavy atom. The van der Waals surface area contributed by atoms with Crippen LogP contribution in [-0.2, 0) is 9.59 Å². The lowest BCUT2D eigenvalue weighted by molar-refractivity contribution is -0.129. The number of carbonyl (C=O) groups is 3. The van der Waals surface area contributed by atoms with Crippen molar-refractivity contribution in [1.82, 2.24) is 5.32 Å². The third-order valence-corrected chi connectivity index (χ3v) is 3.59. The standard InChI is InChI=1S/C18H18ClN3O3/c19-13-6-7-15(21-11-17(24)22-16(23)8-9-20)14(10-13)18(25)12-4-2-1-3-5-12/h1-7,10,21H,8-9,11,20H2,(H,22,23,24). The summed E-state index contributed by atoms with van der Waals surface area (Å²) >= 11 is 6.00. The molecule has 0 aliphatic carbocycles. The molecule has 0 spiro atoms. The van der Waals surface area contributed by atoms with E-state index in [1.54, 1.807) is 36.4 Å². The molecule has 130 valence electrons. The monoisotopic (exact) mass is 359 g/mol. The van der Waals surface area contributed by atoms with Crippen molar-refractivity contribution >= 4 is 34.9 Å². The van der Waals surface area contributed by atoms with Crippen LogP contribution in [0.1, 0.15) is 22.3 Å². The summed E-state index contributed by atoms with van der Waals surface area (Å²) in [7, 11) is 0. The van der Waals surface area contributed by atoms with Gasteiger partial charge in [-0.25, -0.2) is 0 Å². The zero-order valence-electron chi connectivity index (χ0n) is 13.4. The number of hydrogen-bond acceptors (Lipinski definition) is 5. The maximum atomic E-state index is 12.7. The van der Waals surface area contributed by atoms with Crippen molar-refractivity contribution in [2.24, 2.45) is 5.73 Å². The van der Waals surface area contributed by atoms with Gasteiger partial charge in [0.2, 0.25) is 11.8 Å². The first kappa shape index (κ1) is 18.6. The highest BCUT2D eigenvalue weighted by molar-refractivity contribution is 6.31. The van der Waals surface area contributed by atoms with Gasteiger partial charge in [-0.05, 0) is 18.2 Å². The smallest absolute Gasteiger partial charge is 0.245 e. The van der Waals surface area contributed by atoms with Crippen molar-refractivity contribution in [3.05, 3.63) is 64.7 Å². The molecule has 0 radical (unpaired) electrons. The highest BCUT2D eigenvalue weighted by atomic mass is 35.5. The highest BCUT2D eigenvalue weighted by Crippen LogP contribution is 2.23. The molecule has 4 N–H and O–H groups in total. The van der Waals surface area contributed by atoms with Gasteiger partial charge in [0.15, 0.2) is 5.78 Å². The Bertz CT molecular complexity index is 778. The zero-order chi connectivity index (χ0) is 18.2. The van der Waals surface area contributed by atoms with Crippen molar-refractivity contribution in [3.8, 4) is 0 Å². The second kappa shape index (κ2) is 8.96. The molecule has 0 atom stereocenters. The molecule has 2 aromatic carbocycles. The summed E-state index contributed by atoms with van der Waals surface area (Å²) in [5.41, 5.74) is 6.57. The molecule has 0 aliphatic rings. The molecule has 0 bridgehead atoms. The normalized spacial score (nSPS) is 10.2. The third kappa shape index (κ3) is 5.41. The summed E-state index contributed by atoms with van der Waals surface area (Å²) in [5, 5.41) is 5.48. The maximum Gasteiger partial charge on any atom is 0.245 e. The van der Waals surface area contributed by atoms with Gasteiger partial charge in [0, 0.05) is 34.8 Å². The number of amides is 2. The van der Waals surface area contributed by atoms with Crippen LogP contribution in [0.5, 0.6) is 0 Å². The van der Waals surface area contributed by atoms with Crippen molar-refractivity contribution in [1.29, 1.82) is 0 Å². The van der Waals surface area contributed by atoms with Gasteiger partial charge in [-0.2, -0.15) is 0 Å². The van der Waals surface area contributed by atoms with E-state index in [2.05, 4.69) is 10.6 Å². The summed E-state index contributed by atoms with van der Waals surface area (Å²) in [6, 6.07) is 13.5. The molecule has 7 heteroatoms. The Morgan fingerprint density at radius 3 is 2.40 bits per heavy atom. The van der Waals surface area contributed by atoms with E-state index >= 15 is 0 Å². The Hall–Kier alpha value is -2.70. The van der Waals surface area contributed by atoms with Crippen LogP contribution in [0.3, 0.4) is 0 Å². The minimum absolute atomic E-state index is 0.0738. The van der Waals surface area contributed by atoms with Gasteiger partial charge in [0.1, 0.15) is 0 Å². The van der Waals surface area contributed by atoms with Crippen LogP contribution in [0, 0.1) is 0 Å². The zero-order valence-corrected chi connectivity index (χ0v) is 14.2. The summed E-state index contributed by atoms with van der Waals surface area (Å²) < 4.78 is 0. The Morgan fingerprint density at radius 2 is 1.72 bits per heavy atom. The number of hydrogen-bond donors (Lipinski definition) is 3. The molecular weight excluding hydrogens is 342 g/mol. The number of halogens is 1. The highest BCUT2D eigenvalue weighted by Gasteiger charge is 2.15. The Balaban J connectivity index is 2.12. The third-order valence-electron chi connectivity index (χ3n) is 3.35. The molecule has 6 nitrogen and oxygen atoms in total. The lowest BCUT2D eigenvalue weighted by Gasteiger charge is -2.12. The van der Waals surface area contributed by atoms with E-state index in [-0.39, 0.29) is 25.3 Å². The van der Waals surface area contributed by atoms with E-state index in [1.807, 2.05) is 6.07 Å². The first-order valence-electron chi connectivity index (χ1n) is 7.67. The van der Waals surface area contributed by atoms with Gasteiger partial charge in [0.25, 0.3) is 0 Å². The van der Waals surface area contributed by atoms with E-state index in [0.29, 0.717) is 21.8 Å². The number of benzene rings is 2. The quantitative estimate of drug-likeness (QED) is 0.656. The fraction of sp³-hybridized carbons (Fsp3) is 0.167. The summed E-state index contributed by atoms with van der Waals surface area (Å²) in [4.78, 5) is 35.8. The average Bonchev–Trinajstić information content (AvgIpc) is 2.61. The van der Waals surface area contributed by atoms with Gasteiger partial charge in [-0.15, -0.1) is 0 Å². The topological polar surface area (TPSA) is 101 Å². The average molecular weight is 360 g/mol. The van der Waals surface area contributed by atoms with Crippen LogP contribution in [0.2, 0.25) is 5.02 Å². The number of anilines is 1. The minimum atomic E-state index is -0.508. The first-order valence-corrected chi connectivity index (χ1v) is 8.05. The SMILES string of the molecule is NCCC(=O)NC(=O)CNc1ccc(Cl)cc1C(=O)c1ccccc1. The molecule has 0 aromatic heterocycles. The van der Waals surface area contributed by atoms with E-state index in [0.717, 1.165) is 0 Å². The first-order chi connectivity index (χ1) is 12.0.